The quantitative estimate of drug-likeness (QED) is 0.624. The molecule has 0 saturated carbocycles. The fourth-order valence-corrected chi connectivity index (χ4v) is 5.07. The lowest BCUT2D eigenvalue weighted by molar-refractivity contribution is -0.121. The van der Waals surface area contributed by atoms with Gasteiger partial charge in [0.1, 0.15) is 5.75 Å². The van der Waals surface area contributed by atoms with Gasteiger partial charge in [-0.25, -0.2) is 8.42 Å². The first-order chi connectivity index (χ1) is 15.0. The number of amides is 1. The number of ether oxygens (including phenoxy) is 1. The van der Waals surface area contributed by atoms with Gasteiger partial charge in [0.25, 0.3) is 5.89 Å². The Morgan fingerprint density at radius 2 is 1.87 bits per heavy atom. The van der Waals surface area contributed by atoms with Crippen molar-refractivity contribution in [1.82, 2.24) is 14.5 Å². The molecule has 2 heterocycles. The Kier molecular flexibility index (Phi) is 6.01. The van der Waals surface area contributed by atoms with Crippen LogP contribution in [0.25, 0.3) is 11.5 Å². The fourth-order valence-electron chi connectivity index (χ4n) is 3.53. The largest absolute Gasteiger partial charge is 0.496 e. The molecule has 1 saturated heterocycles. The van der Waals surface area contributed by atoms with Crippen LogP contribution in [0.4, 0.5) is 6.01 Å². The van der Waals surface area contributed by atoms with Crippen LogP contribution < -0.4 is 10.1 Å². The molecule has 0 spiro atoms. The maximum atomic E-state index is 12.9. The molecule has 31 heavy (non-hydrogen) atoms. The molecule has 1 amide bonds. The second-order valence-electron chi connectivity index (χ2n) is 7.12. The van der Waals surface area contributed by atoms with Gasteiger partial charge in [-0.15, -0.1) is 5.10 Å². The van der Waals surface area contributed by atoms with Crippen LogP contribution in [0, 0.1) is 5.92 Å². The van der Waals surface area contributed by atoms with Crippen LogP contribution in [-0.2, 0) is 14.8 Å². The van der Waals surface area contributed by atoms with Crippen molar-refractivity contribution in [2.24, 2.45) is 5.92 Å². The second kappa shape index (κ2) is 8.86. The maximum Gasteiger partial charge on any atom is 0.322 e. The molecule has 10 heteroatoms. The second-order valence-corrected chi connectivity index (χ2v) is 9.06. The number of piperidine rings is 1. The summed E-state index contributed by atoms with van der Waals surface area (Å²) in [6, 6.07) is 15.3. The van der Waals surface area contributed by atoms with Crippen molar-refractivity contribution in [2.75, 3.05) is 25.5 Å². The number of carbonyl (C=O) groups excluding carboxylic acids is 1. The first-order valence-electron chi connectivity index (χ1n) is 9.82. The van der Waals surface area contributed by atoms with E-state index >= 15 is 0 Å². The van der Waals surface area contributed by atoms with Gasteiger partial charge >= 0.3 is 6.01 Å². The number of carbonyl (C=O) groups is 1. The highest BCUT2D eigenvalue weighted by Gasteiger charge is 2.33. The average molecular weight is 442 g/mol. The normalized spacial score (nSPS) is 17.3. The van der Waals surface area contributed by atoms with E-state index in [1.165, 1.54) is 11.4 Å². The lowest BCUT2D eigenvalue weighted by Crippen LogP contribution is -2.43. The van der Waals surface area contributed by atoms with Crippen molar-refractivity contribution in [3.8, 4) is 17.2 Å². The number of aromatic nitrogens is 2. The van der Waals surface area contributed by atoms with Gasteiger partial charge in [-0.1, -0.05) is 35.4 Å². The van der Waals surface area contributed by atoms with Crippen molar-refractivity contribution in [1.29, 1.82) is 0 Å². The van der Waals surface area contributed by atoms with Crippen LogP contribution >= 0.6 is 0 Å². The van der Waals surface area contributed by atoms with Crippen molar-refractivity contribution in [3.63, 3.8) is 0 Å². The van der Waals surface area contributed by atoms with Gasteiger partial charge < -0.3 is 9.15 Å². The topological polar surface area (TPSA) is 115 Å². The van der Waals surface area contributed by atoms with Crippen molar-refractivity contribution < 1.29 is 22.4 Å². The van der Waals surface area contributed by atoms with Gasteiger partial charge in [-0.3, -0.25) is 10.1 Å². The van der Waals surface area contributed by atoms with Crippen LogP contribution in [0.3, 0.4) is 0 Å². The molecular formula is C21H22N4O5S. The minimum Gasteiger partial charge on any atom is -0.496 e. The zero-order valence-electron chi connectivity index (χ0n) is 16.9. The summed E-state index contributed by atoms with van der Waals surface area (Å²) in [7, 11) is -2.12. The molecule has 1 unspecified atom stereocenters. The molecule has 162 valence electrons. The summed E-state index contributed by atoms with van der Waals surface area (Å²) in [5.41, 5.74) is 0.607. The number of sulfonamides is 1. The molecule has 1 fully saturated rings. The van der Waals surface area contributed by atoms with Gasteiger partial charge in [0.2, 0.25) is 15.9 Å². The number of hydrogen-bond donors (Lipinski definition) is 1. The molecule has 0 bridgehead atoms. The third-order valence-electron chi connectivity index (χ3n) is 5.13. The molecule has 1 aliphatic rings. The highest BCUT2D eigenvalue weighted by atomic mass is 32.2. The number of nitrogens with one attached hydrogen (secondary N) is 1. The number of anilines is 1. The smallest absolute Gasteiger partial charge is 0.322 e. The molecule has 9 nitrogen and oxygen atoms in total. The summed E-state index contributed by atoms with van der Waals surface area (Å²) < 4.78 is 38.0. The Labute approximate surface area is 180 Å². The van der Waals surface area contributed by atoms with Crippen LogP contribution in [0.15, 0.2) is 63.9 Å². The predicted octanol–water partition coefficient (Wildman–Crippen LogP) is 2.78. The Balaban J connectivity index is 1.45. The summed E-state index contributed by atoms with van der Waals surface area (Å²) in [6.07, 6.45) is 1.15. The van der Waals surface area contributed by atoms with Crippen molar-refractivity contribution >= 4 is 21.9 Å². The maximum absolute atomic E-state index is 12.9. The van der Waals surface area contributed by atoms with E-state index in [1.807, 2.05) is 12.1 Å². The Bertz CT molecular complexity index is 1160. The summed E-state index contributed by atoms with van der Waals surface area (Å²) >= 11 is 0. The Hall–Kier alpha value is -3.24. The molecule has 1 aromatic heterocycles. The third-order valence-corrected chi connectivity index (χ3v) is 7.01. The van der Waals surface area contributed by atoms with Gasteiger partial charge in [0.05, 0.1) is 23.5 Å². The molecule has 3 aromatic rings. The van der Waals surface area contributed by atoms with E-state index in [0.717, 1.165) is 0 Å². The summed E-state index contributed by atoms with van der Waals surface area (Å²) in [5, 5.41) is 10.5. The van der Waals surface area contributed by atoms with Crippen LogP contribution in [0.2, 0.25) is 0 Å². The highest BCUT2D eigenvalue weighted by molar-refractivity contribution is 7.89. The predicted molar refractivity (Wildman–Crippen MR) is 113 cm³/mol. The molecule has 1 N–H and O–H groups in total. The summed E-state index contributed by atoms with van der Waals surface area (Å²) in [5.74, 6) is -0.0974. The highest BCUT2D eigenvalue weighted by Crippen LogP contribution is 2.30. The molecule has 1 aliphatic heterocycles. The van der Waals surface area contributed by atoms with E-state index in [-0.39, 0.29) is 29.3 Å². The fraction of sp³-hybridized carbons (Fsp3) is 0.286. The Morgan fingerprint density at radius 1 is 1.13 bits per heavy atom. The number of hydrogen-bond acceptors (Lipinski definition) is 7. The lowest BCUT2D eigenvalue weighted by Gasteiger charge is -2.30. The molecule has 4 rings (SSSR count). The third kappa shape index (κ3) is 4.44. The number of benzene rings is 2. The van der Waals surface area contributed by atoms with E-state index in [4.69, 9.17) is 9.15 Å². The van der Waals surface area contributed by atoms with E-state index < -0.39 is 15.9 Å². The number of methoxy groups -OCH3 is 1. The first-order valence-corrected chi connectivity index (χ1v) is 11.3. The minimum absolute atomic E-state index is 0.0473. The summed E-state index contributed by atoms with van der Waals surface area (Å²) in [4.78, 5) is 13.0. The SMILES string of the molecule is COc1ccccc1-c1nnc(NC(=O)C2CCCN(S(=O)(=O)c3ccccc3)C2)o1. The molecular weight excluding hydrogens is 420 g/mol. The minimum atomic E-state index is -3.65. The first kappa shape index (κ1) is 21.0. The molecule has 0 radical (unpaired) electrons. The monoisotopic (exact) mass is 442 g/mol. The van der Waals surface area contributed by atoms with E-state index in [1.54, 1.807) is 42.5 Å². The molecule has 2 aromatic carbocycles. The molecule has 1 atom stereocenters. The van der Waals surface area contributed by atoms with Gasteiger partial charge in [-0.2, -0.15) is 4.31 Å². The van der Waals surface area contributed by atoms with Crippen LogP contribution in [0.1, 0.15) is 12.8 Å². The van der Waals surface area contributed by atoms with Crippen LogP contribution in [0.5, 0.6) is 5.75 Å². The van der Waals surface area contributed by atoms with E-state index in [0.29, 0.717) is 30.7 Å². The van der Waals surface area contributed by atoms with E-state index in [2.05, 4.69) is 15.5 Å². The van der Waals surface area contributed by atoms with Gasteiger partial charge in [-0.05, 0) is 37.1 Å². The molecule has 0 aliphatic carbocycles. The van der Waals surface area contributed by atoms with Crippen LogP contribution in [-0.4, -0.2) is 49.0 Å². The standard InChI is InChI=1S/C21H22N4O5S/c1-29-18-12-6-5-11-17(18)20-23-24-21(30-20)22-19(26)15-8-7-13-25(14-15)31(27,28)16-9-3-2-4-10-16/h2-6,9-12,15H,7-8,13-14H2,1H3,(H,22,24,26). The van der Waals surface area contributed by atoms with Crippen molar-refractivity contribution in [3.05, 3.63) is 54.6 Å². The van der Waals surface area contributed by atoms with E-state index in [9.17, 15) is 13.2 Å². The number of rotatable bonds is 6. The number of nitrogens with zero attached hydrogens (tertiary/aromatic N) is 3. The number of para-hydroxylation sites is 1. The Morgan fingerprint density at radius 3 is 2.65 bits per heavy atom. The summed E-state index contributed by atoms with van der Waals surface area (Å²) in [6.45, 7) is 0.468. The zero-order chi connectivity index (χ0) is 21.8. The van der Waals surface area contributed by atoms with Gasteiger partial charge in [0, 0.05) is 13.1 Å². The van der Waals surface area contributed by atoms with Gasteiger partial charge in [0.15, 0.2) is 0 Å². The average Bonchev–Trinajstić information content (AvgIpc) is 3.28. The lowest BCUT2D eigenvalue weighted by atomic mass is 9.99. The van der Waals surface area contributed by atoms with Crippen molar-refractivity contribution in [2.45, 2.75) is 17.7 Å². The zero-order valence-corrected chi connectivity index (χ0v) is 17.7.